The van der Waals surface area contributed by atoms with E-state index in [1.54, 1.807) is 37.3 Å². The Labute approximate surface area is 164 Å². The van der Waals surface area contributed by atoms with Crippen molar-refractivity contribution in [1.29, 1.82) is 0 Å². The third-order valence-corrected chi connectivity index (χ3v) is 5.96. The van der Waals surface area contributed by atoms with Crippen molar-refractivity contribution in [2.45, 2.75) is 24.3 Å². The maximum Gasteiger partial charge on any atom is 0.240 e. The third-order valence-electron chi connectivity index (χ3n) is 3.80. The Kier molecular flexibility index (Phi) is 7.78. The van der Waals surface area contributed by atoms with Crippen molar-refractivity contribution >= 4 is 27.3 Å². The van der Waals surface area contributed by atoms with Gasteiger partial charge in [0, 0.05) is 19.6 Å². The molecule has 1 heterocycles. The second kappa shape index (κ2) is 9.84. The smallest absolute Gasteiger partial charge is 0.240 e. The molecular formula is C18H26N4O3S2. The van der Waals surface area contributed by atoms with E-state index in [2.05, 4.69) is 20.3 Å². The summed E-state index contributed by atoms with van der Waals surface area (Å²) in [6.45, 7) is 5.07. The monoisotopic (exact) mass is 410 g/mol. The van der Waals surface area contributed by atoms with Gasteiger partial charge in [-0.05, 0) is 48.4 Å². The summed E-state index contributed by atoms with van der Waals surface area (Å²) in [7, 11) is -3.52. The van der Waals surface area contributed by atoms with Gasteiger partial charge >= 0.3 is 0 Å². The van der Waals surface area contributed by atoms with Crippen LogP contribution >= 0.6 is 11.3 Å². The molecule has 0 aliphatic carbocycles. The first-order valence-corrected chi connectivity index (χ1v) is 11.1. The average molecular weight is 411 g/mol. The van der Waals surface area contributed by atoms with Gasteiger partial charge < -0.3 is 15.7 Å². The van der Waals surface area contributed by atoms with E-state index in [1.165, 1.54) is 11.3 Å². The molecule has 148 valence electrons. The first kappa shape index (κ1) is 21.4. The normalized spacial score (nSPS) is 14.6. The van der Waals surface area contributed by atoms with Crippen molar-refractivity contribution in [1.82, 2.24) is 15.4 Å². The van der Waals surface area contributed by atoms with Crippen LogP contribution in [0.3, 0.4) is 0 Å². The van der Waals surface area contributed by atoms with Crippen molar-refractivity contribution in [3.63, 3.8) is 0 Å². The molecule has 0 aliphatic rings. The fraction of sp³-hybridized carbons (Fsp3) is 0.389. The zero-order valence-corrected chi connectivity index (χ0v) is 17.1. The lowest BCUT2D eigenvalue weighted by molar-refractivity contribution is 0.0677. The van der Waals surface area contributed by atoms with Gasteiger partial charge in [-0.15, -0.1) is 0 Å². The van der Waals surface area contributed by atoms with Crippen LogP contribution in [0, 0.1) is 0 Å². The number of rotatable bonds is 9. The lowest BCUT2D eigenvalue weighted by Crippen LogP contribution is -2.42. The van der Waals surface area contributed by atoms with Crippen LogP contribution in [0.5, 0.6) is 0 Å². The summed E-state index contributed by atoms with van der Waals surface area (Å²) < 4.78 is 26.9. The number of hydrogen-bond acceptors (Lipinski definition) is 5. The Morgan fingerprint density at radius 2 is 1.93 bits per heavy atom. The Bertz CT molecular complexity index is 820. The maximum absolute atomic E-state index is 12.2. The van der Waals surface area contributed by atoms with E-state index in [0.29, 0.717) is 19.0 Å². The molecule has 0 amide bonds. The highest BCUT2D eigenvalue weighted by Gasteiger charge is 2.23. The lowest BCUT2D eigenvalue weighted by atomic mass is 10.00. The van der Waals surface area contributed by atoms with E-state index < -0.39 is 15.6 Å². The SMILES string of the molecule is CCNC(=NCC(C)(O)c1ccsc1)NCCNS(=O)(=O)c1ccccc1. The van der Waals surface area contributed by atoms with Gasteiger partial charge in [0.1, 0.15) is 5.60 Å². The summed E-state index contributed by atoms with van der Waals surface area (Å²) in [6.07, 6.45) is 0. The molecule has 2 rings (SSSR count). The quantitative estimate of drug-likeness (QED) is 0.285. The van der Waals surface area contributed by atoms with Gasteiger partial charge in [0.15, 0.2) is 5.96 Å². The van der Waals surface area contributed by atoms with Crippen molar-refractivity contribution < 1.29 is 13.5 Å². The fourth-order valence-electron chi connectivity index (χ4n) is 2.29. The molecular weight excluding hydrogens is 384 g/mol. The number of benzene rings is 1. The molecule has 0 fully saturated rings. The second-order valence-electron chi connectivity index (χ2n) is 6.12. The van der Waals surface area contributed by atoms with Crippen molar-refractivity contribution in [3.8, 4) is 0 Å². The molecule has 0 spiro atoms. The van der Waals surface area contributed by atoms with E-state index in [-0.39, 0.29) is 18.0 Å². The summed E-state index contributed by atoms with van der Waals surface area (Å²) in [5, 5.41) is 20.5. The molecule has 1 aromatic heterocycles. The molecule has 1 aromatic carbocycles. The number of hydrogen-bond donors (Lipinski definition) is 4. The van der Waals surface area contributed by atoms with E-state index in [1.807, 2.05) is 23.8 Å². The molecule has 0 saturated carbocycles. The zero-order chi connectivity index (χ0) is 19.8. The summed E-state index contributed by atoms with van der Waals surface area (Å²) in [6, 6.07) is 10.1. The third kappa shape index (κ3) is 6.62. The standard InChI is InChI=1S/C18H26N4O3S2/c1-3-19-17(21-14-18(2,23)15-9-12-26-13-15)20-10-11-22-27(24,25)16-7-5-4-6-8-16/h4-9,12-13,22-23H,3,10-11,14H2,1-2H3,(H2,19,20,21). The van der Waals surface area contributed by atoms with Gasteiger partial charge in [-0.25, -0.2) is 18.1 Å². The average Bonchev–Trinajstić information content (AvgIpc) is 3.20. The molecule has 1 atom stereocenters. The molecule has 0 saturated heterocycles. The van der Waals surface area contributed by atoms with E-state index in [9.17, 15) is 13.5 Å². The van der Waals surface area contributed by atoms with Gasteiger partial charge in [-0.2, -0.15) is 11.3 Å². The van der Waals surface area contributed by atoms with Crippen LogP contribution < -0.4 is 15.4 Å². The molecule has 1 unspecified atom stereocenters. The van der Waals surface area contributed by atoms with Gasteiger partial charge in [0.05, 0.1) is 11.4 Å². The Hall–Kier alpha value is -1.94. The topological polar surface area (TPSA) is 103 Å². The van der Waals surface area contributed by atoms with Crippen LogP contribution in [0.2, 0.25) is 0 Å². The van der Waals surface area contributed by atoms with E-state index in [0.717, 1.165) is 5.56 Å². The minimum absolute atomic E-state index is 0.189. The van der Waals surface area contributed by atoms with E-state index in [4.69, 9.17) is 0 Å². The molecule has 2 aromatic rings. The van der Waals surface area contributed by atoms with Gasteiger partial charge in [-0.1, -0.05) is 18.2 Å². The number of sulfonamides is 1. The van der Waals surface area contributed by atoms with Gasteiger partial charge in [0.25, 0.3) is 0 Å². The minimum atomic E-state index is -3.52. The molecule has 0 bridgehead atoms. The highest BCUT2D eigenvalue weighted by molar-refractivity contribution is 7.89. The number of thiophene rings is 1. The Morgan fingerprint density at radius 1 is 1.19 bits per heavy atom. The number of nitrogens with one attached hydrogen (secondary N) is 3. The van der Waals surface area contributed by atoms with Crippen LogP contribution in [-0.4, -0.2) is 45.7 Å². The van der Waals surface area contributed by atoms with Crippen molar-refractivity contribution in [3.05, 3.63) is 52.7 Å². The summed E-state index contributed by atoms with van der Waals surface area (Å²) in [5.74, 6) is 0.520. The highest BCUT2D eigenvalue weighted by atomic mass is 32.2. The molecule has 0 aliphatic heterocycles. The predicted octanol–water partition coefficient (Wildman–Crippen LogP) is 1.49. The summed E-state index contributed by atoms with van der Waals surface area (Å²) in [4.78, 5) is 4.64. The zero-order valence-electron chi connectivity index (χ0n) is 15.5. The van der Waals surface area contributed by atoms with Crippen LogP contribution in [0.4, 0.5) is 0 Å². The maximum atomic E-state index is 12.2. The highest BCUT2D eigenvalue weighted by Crippen LogP contribution is 2.23. The van der Waals surface area contributed by atoms with Crippen molar-refractivity contribution in [2.75, 3.05) is 26.2 Å². The summed E-state index contributed by atoms with van der Waals surface area (Å²) in [5.41, 5.74) is -0.236. The first-order valence-electron chi connectivity index (χ1n) is 8.67. The second-order valence-corrected chi connectivity index (χ2v) is 8.67. The Morgan fingerprint density at radius 3 is 2.56 bits per heavy atom. The molecule has 27 heavy (non-hydrogen) atoms. The van der Waals surface area contributed by atoms with Crippen LogP contribution in [0.1, 0.15) is 19.4 Å². The molecule has 7 nitrogen and oxygen atoms in total. The number of aliphatic hydroxyl groups is 1. The molecule has 0 radical (unpaired) electrons. The number of nitrogens with zero attached hydrogens (tertiary/aromatic N) is 1. The number of aliphatic imine (C=N–C) groups is 1. The molecule has 4 N–H and O–H groups in total. The van der Waals surface area contributed by atoms with Gasteiger partial charge in [-0.3, -0.25) is 0 Å². The summed E-state index contributed by atoms with van der Waals surface area (Å²) >= 11 is 1.52. The van der Waals surface area contributed by atoms with Gasteiger partial charge in [0.2, 0.25) is 10.0 Å². The van der Waals surface area contributed by atoms with Crippen LogP contribution in [0.15, 0.2) is 57.0 Å². The van der Waals surface area contributed by atoms with Crippen molar-refractivity contribution in [2.24, 2.45) is 4.99 Å². The minimum Gasteiger partial charge on any atom is -0.383 e. The predicted molar refractivity (Wildman–Crippen MR) is 110 cm³/mol. The van der Waals surface area contributed by atoms with Crippen LogP contribution in [-0.2, 0) is 15.6 Å². The fourth-order valence-corrected chi connectivity index (χ4v) is 4.12. The number of guanidine groups is 1. The lowest BCUT2D eigenvalue weighted by Gasteiger charge is -2.21. The first-order chi connectivity index (χ1) is 12.8. The van der Waals surface area contributed by atoms with E-state index >= 15 is 0 Å². The molecule has 9 heteroatoms. The Balaban J connectivity index is 1.87. The van der Waals surface area contributed by atoms with Crippen LogP contribution in [0.25, 0.3) is 0 Å². The largest absolute Gasteiger partial charge is 0.383 e.